The van der Waals surface area contributed by atoms with Crippen molar-refractivity contribution >= 4 is 41.0 Å². The van der Waals surface area contributed by atoms with Gasteiger partial charge in [-0.15, -0.1) is 0 Å². The van der Waals surface area contributed by atoms with Crippen LogP contribution in [0.5, 0.6) is 5.75 Å². The van der Waals surface area contributed by atoms with E-state index in [9.17, 15) is 18.0 Å². The number of carbonyl (C=O) groups is 2. The van der Waals surface area contributed by atoms with Crippen LogP contribution in [0.1, 0.15) is 11.3 Å². The van der Waals surface area contributed by atoms with E-state index < -0.39 is 12.1 Å². The molecule has 0 spiro atoms. The van der Waals surface area contributed by atoms with E-state index in [2.05, 4.69) is 10.3 Å². The average Bonchev–Trinajstić information content (AvgIpc) is 2.71. The maximum absolute atomic E-state index is 12.5. The zero-order valence-electron chi connectivity index (χ0n) is 18.2. The Kier molecular flexibility index (Phi) is 9.77. The first-order chi connectivity index (χ1) is 15.8. The number of anilines is 1. The lowest BCUT2D eigenvalue weighted by Crippen LogP contribution is -2.49. The minimum Gasteiger partial charge on any atom is -0.491 e. The van der Waals surface area contributed by atoms with Crippen molar-refractivity contribution in [3.05, 3.63) is 51.6 Å². The molecule has 0 saturated carbocycles. The number of rotatable bonds is 4. The monoisotopic (exact) mass is 523 g/mol. The Morgan fingerprint density at radius 3 is 2.38 bits per heavy atom. The van der Waals surface area contributed by atoms with Gasteiger partial charge in [-0.1, -0.05) is 23.2 Å². The molecule has 0 bridgehead atoms. The number of carboxylic acid groups (broad SMARTS) is 1. The minimum atomic E-state index is -5.08. The molecule has 3 rings (SSSR count). The molecule has 0 radical (unpaired) electrons. The van der Waals surface area contributed by atoms with Gasteiger partial charge in [0.2, 0.25) is 0 Å². The molecule has 1 aromatic heterocycles. The molecule has 1 saturated heterocycles. The number of benzene rings is 1. The van der Waals surface area contributed by atoms with Crippen molar-refractivity contribution < 1.29 is 37.3 Å². The number of carbonyl (C=O) groups excluding carboxylic acids is 1. The molecule has 34 heavy (non-hydrogen) atoms. The molecular weight excluding hydrogens is 502 g/mol. The number of urea groups is 1. The molecule has 1 aliphatic heterocycles. The van der Waals surface area contributed by atoms with Gasteiger partial charge in [0.15, 0.2) is 0 Å². The Bertz CT molecular complexity index is 983. The normalized spacial score (nSPS) is 15.7. The summed E-state index contributed by atoms with van der Waals surface area (Å²) in [5.41, 5.74) is 1.91. The fourth-order valence-corrected chi connectivity index (χ4v) is 3.41. The van der Waals surface area contributed by atoms with Crippen LogP contribution in [0.3, 0.4) is 0 Å². The van der Waals surface area contributed by atoms with Gasteiger partial charge in [0, 0.05) is 22.3 Å². The van der Waals surface area contributed by atoms with Crippen LogP contribution in [0.4, 0.5) is 23.8 Å². The Hall–Kier alpha value is -2.76. The van der Waals surface area contributed by atoms with Gasteiger partial charge in [0.25, 0.3) is 0 Å². The number of nitrogens with one attached hydrogen (secondary N) is 1. The summed E-state index contributed by atoms with van der Waals surface area (Å²) in [4.78, 5) is 27.5. The van der Waals surface area contributed by atoms with Gasteiger partial charge < -0.3 is 19.5 Å². The van der Waals surface area contributed by atoms with E-state index in [0.29, 0.717) is 47.9 Å². The molecule has 2 heterocycles. The number of hydrogen-bond donors (Lipinski definition) is 2. The predicted molar refractivity (Wildman–Crippen MR) is 120 cm³/mol. The summed E-state index contributed by atoms with van der Waals surface area (Å²) >= 11 is 11.9. The first kappa shape index (κ1) is 27.5. The largest absolute Gasteiger partial charge is 0.491 e. The fraction of sp³-hybridized carbons (Fsp3) is 0.381. The molecule has 2 N–H and O–H groups in total. The zero-order chi connectivity index (χ0) is 25.5. The lowest BCUT2D eigenvalue weighted by atomic mass is 10.2. The molecule has 186 valence electrons. The van der Waals surface area contributed by atoms with Crippen LogP contribution in [0.15, 0.2) is 30.3 Å². The Morgan fingerprint density at radius 1 is 1.21 bits per heavy atom. The van der Waals surface area contributed by atoms with Crippen LogP contribution in [0, 0.1) is 13.8 Å². The Labute approximate surface area is 203 Å². The number of ether oxygens (including phenoxy) is 2. The zero-order valence-corrected chi connectivity index (χ0v) is 19.7. The van der Waals surface area contributed by atoms with E-state index in [1.54, 1.807) is 23.1 Å². The lowest BCUT2D eigenvalue weighted by Gasteiger charge is -2.32. The number of hydrogen-bond acceptors (Lipinski definition) is 5. The van der Waals surface area contributed by atoms with Crippen LogP contribution in [-0.4, -0.2) is 65.6 Å². The second kappa shape index (κ2) is 12.1. The Morgan fingerprint density at radius 2 is 1.82 bits per heavy atom. The van der Waals surface area contributed by atoms with Crippen LogP contribution in [-0.2, 0) is 9.53 Å². The van der Waals surface area contributed by atoms with Crippen molar-refractivity contribution in [1.29, 1.82) is 0 Å². The van der Waals surface area contributed by atoms with Crippen LogP contribution >= 0.6 is 23.2 Å². The molecule has 1 aromatic carbocycles. The smallest absolute Gasteiger partial charge is 0.490 e. The number of alkyl halides is 3. The number of morpholine rings is 1. The van der Waals surface area contributed by atoms with Crippen molar-refractivity contribution in [2.75, 3.05) is 31.6 Å². The number of carboxylic acids is 1. The number of pyridine rings is 1. The number of aliphatic carboxylic acids is 1. The van der Waals surface area contributed by atoms with Crippen molar-refractivity contribution in [1.82, 2.24) is 9.88 Å². The van der Waals surface area contributed by atoms with E-state index in [1.165, 1.54) is 0 Å². The second-order valence-corrected chi connectivity index (χ2v) is 8.13. The lowest BCUT2D eigenvalue weighted by molar-refractivity contribution is -0.192. The molecule has 2 amide bonds. The number of aromatic nitrogens is 1. The summed E-state index contributed by atoms with van der Waals surface area (Å²) in [6.07, 6.45) is -5.32. The highest BCUT2D eigenvalue weighted by molar-refractivity contribution is 6.34. The third-order valence-electron chi connectivity index (χ3n) is 4.27. The molecule has 13 heteroatoms. The maximum Gasteiger partial charge on any atom is 0.490 e. The van der Waals surface area contributed by atoms with Crippen molar-refractivity contribution in [2.45, 2.75) is 26.1 Å². The summed E-state index contributed by atoms with van der Waals surface area (Å²) in [5.74, 6) is -1.64. The molecule has 1 atom stereocenters. The highest BCUT2D eigenvalue weighted by atomic mass is 35.5. The summed E-state index contributed by atoms with van der Waals surface area (Å²) in [6, 6.07) is 8.61. The summed E-state index contributed by atoms with van der Waals surface area (Å²) in [6.45, 7) is 5.53. The molecule has 8 nitrogen and oxygen atoms in total. The van der Waals surface area contributed by atoms with E-state index in [-0.39, 0.29) is 12.1 Å². The molecule has 1 aliphatic rings. The topological polar surface area (TPSA) is 101 Å². The van der Waals surface area contributed by atoms with Crippen LogP contribution < -0.4 is 10.1 Å². The first-order valence-corrected chi connectivity index (χ1v) is 10.6. The number of amides is 2. The molecular formula is C21H22Cl2F3N3O5. The highest BCUT2D eigenvalue weighted by Gasteiger charge is 2.38. The van der Waals surface area contributed by atoms with E-state index >= 15 is 0 Å². The van der Waals surface area contributed by atoms with Gasteiger partial charge in [-0.2, -0.15) is 13.2 Å². The van der Waals surface area contributed by atoms with Crippen molar-refractivity contribution in [2.24, 2.45) is 0 Å². The van der Waals surface area contributed by atoms with Gasteiger partial charge in [0.1, 0.15) is 24.3 Å². The highest BCUT2D eigenvalue weighted by Crippen LogP contribution is 2.24. The number of aryl methyl sites for hydroxylation is 2. The maximum atomic E-state index is 12.5. The SMILES string of the molecule is Cc1cc(C)nc(NC(=O)N2CCOC(COc3cc(Cl)cc(Cl)c3)C2)c1.O=C(O)C(F)(F)F. The third kappa shape index (κ3) is 9.24. The first-order valence-electron chi connectivity index (χ1n) is 9.85. The molecule has 0 aliphatic carbocycles. The van der Waals surface area contributed by atoms with E-state index in [4.69, 9.17) is 42.6 Å². The van der Waals surface area contributed by atoms with E-state index in [1.807, 2.05) is 26.0 Å². The standard InChI is InChI=1S/C19H21Cl2N3O3.C2HF3O2/c1-12-5-13(2)22-18(6-12)23-19(25)24-3-4-26-17(10-24)11-27-16-8-14(20)7-15(21)9-16;3-2(4,5)1(6)7/h5-9,17H,3-4,10-11H2,1-2H3,(H,22,23,25);(H,6,7). The quantitative estimate of drug-likeness (QED) is 0.587. The number of halogens is 5. The summed E-state index contributed by atoms with van der Waals surface area (Å²) in [5, 5.41) is 11.0. The minimum absolute atomic E-state index is 0.202. The summed E-state index contributed by atoms with van der Waals surface area (Å²) in [7, 11) is 0. The molecule has 1 unspecified atom stereocenters. The van der Waals surface area contributed by atoms with Crippen molar-refractivity contribution in [3.8, 4) is 5.75 Å². The van der Waals surface area contributed by atoms with Gasteiger partial charge in [0.05, 0.1) is 13.2 Å². The second-order valence-electron chi connectivity index (χ2n) is 7.26. The van der Waals surface area contributed by atoms with Gasteiger partial charge in [-0.05, 0) is 49.7 Å². The van der Waals surface area contributed by atoms with E-state index in [0.717, 1.165) is 11.3 Å². The molecule has 2 aromatic rings. The average molecular weight is 524 g/mol. The van der Waals surface area contributed by atoms with Gasteiger partial charge in [-0.3, -0.25) is 5.32 Å². The van der Waals surface area contributed by atoms with Gasteiger partial charge >= 0.3 is 18.2 Å². The summed E-state index contributed by atoms with van der Waals surface area (Å²) < 4.78 is 43.2. The van der Waals surface area contributed by atoms with Gasteiger partial charge in [-0.25, -0.2) is 14.6 Å². The third-order valence-corrected chi connectivity index (χ3v) is 4.71. The predicted octanol–water partition coefficient (Wildman–Crippen LogP) is 4.95. The molecule has 1 fully saturated rings. The Balaban J connectivity index is 0.000000509. The number of nitrogens with zero attached hydrogens (tertiary/aromatic N) is 2. The fourth-order valence-electron chi connectivity index (χ4n) is 2.90. The van der Waals surface area contributed by atoms with Crippen molar-refractivity contribution in [3.63, 3.8) is 0 Å². The van der Waals surface area contributed by atoms with Crippen LogP contribution in [0.2, 0.25) is 10.0 Å². The van der Waals surface area contributed by atoms with Crippen LogP contribution in [0.25, 0.3) is 0 Å².